The highest BCUT2D eigenvalue weighted by atomic mass is 16.5. The topological polar surface area (TPSA) is 95.5 Å². The van der Waals surface area contributed by atoms with Crippen LogP contribution in [0.15, 0.2) is 18.2 Å². The molecule has 2 heterocycles. The van der Waals surface area contributed by atoms with E-state index in [1.165, 1.54) is 0 Å². The Balaban J connectivity index is 1.81. The number of piperidine rings is 1. The number of H-pyrrole nitrogens is 1. The van der Waals surface area contributed by atoms with Crippen molar-refractivity contribution in [3.63, 3.8) is 0 Å². The third kappa shape index (κ3) is 4.71. The molecule has 0 radical (unpaired) electrons. The van der Waals surface area contributed by atoms with Crippen LogP contribution in [0.4, 0.5) is 0 Å². The fourth-order valence-electron chi connectivity index (χ4n) is 4.47. The first-order valence-corrected chi connectivity index (χ1v) is 10.5. The molecule has 29 heavy (non-hydrogen) atoms. The highest BCUT2D eigenvalue weighted by molar-refractivity contribution is 5.81. The number of hydrogen-bond acceptors (Lipinski definition) is 4. The van der Waals surface area contributed by atoms with Crippen molar-refractivity contribution in [1.29, 1.82) is 0 Å². The predicted octanol–water partition coefficient (Wildman–Crippen LogP) is 3.49. The van der Waals surface area contributed by atoms with Gasteiger partial charge in [0, 0.05) is 31.8 Å². The van der Waals surface area contributed by atoms with Crippen molar-refractivity contribution in [2.24, 2.45) is 17.8 Å². The fourth-order valence-corrected chi connectivity index (χ4v) is 4.47. The van der Waals surface area contributed by atoms with Crippen molar-refractivity contribution in [2.45, 2.75) is 46.0 Å². The summed E-state index contributed by atoms with van der Waals surface area (Å²) in [5, 5.41) is 9.35. The quantitative estimate of drug-likeness (QED) is 0.706. The summed E-state index contributed by atoms with van der Waals surface area (Å²) in [6.07, 6.45) is 3.12. The number of aromatic nitrogens is 2. The molecule has 3 rings (SSSR count). The second kappa shape index (κ2) is 9.29. The third-order valence-corrected chi connectivity index (χ3v) is 6.17. The number of aromatic amines is 1. The van der Waals surface area contributed by atoms with Gasteiger partial charge in [0.25, 0.3) is 0 Å². The molecule has 0 aliphatic carbocycles. The number of carbonyl (C=O) groups excluding carboxylic acids is 1. The molecule has 0 spiro atoms. The van der Waals surface area contributed by atoms with Crippen LogP contribution in [-0.4, -0.2) is 52.1 Å². The average Bonchev–Trinajstić information content (AvgIpc) is 3.12. The van der Waals surface area contributed by atoms with Gasteiger partial charge >= 0.3 is 5.97 Å². The van der Waals surface area contributed by atoms with Crippen LogP contribution in [0.5, 0.6) is 5.75 Å². The molecule has 2 aromatic rings. The molecule has 7 heteroatoms. The molecule has 1 amide bonds. The van der Waals surface area contributed by atoms with Crippen LogP contribution in [0.1, 0.15) is 45.4 Å². The van der Waals surface area contributed by atoms with E-state index in [0.717, 1.165) is 29.7 Å². The molecule has 0 saturated carbocycles. The molecule has 1 aliphatic heterocycles. The lowest BCUT2D eigenvalue weighted by Crippen LogP contribution is -2.47. The Morgan fingerprint density at radius 2 is 2.07 bits per heavy atom. The highest BCUT2D eigenvalue weighted by Crippen LogP contribution is 2.32. The van der Waals surface area contributed by atoms with Gasteiger partial charge < -0.3 is 19.7 Å². The second-order valence-electron chi connectivity index (χ2n) is 7.95. The summed E-state index contributed by atoms with van der Waals surface area (Å²) in [4.78, 5) is 34.2. The number of benzene rings is 1. The zero-order valence-corrected chi connectivity index (χ0v) is 17.5. The van der Waals surface area contributed by atoms with E-state index in [0.29, 0.717) is 31.7 Å². The lowest BCUT2D eigenvalue weighted by molar-refractivity contribution is -0.141. The molecule has 1 fully saturated rings. The summed E-state index contributed by atoms with van der Waals surface area (Å²) in [5.74, 6) is 1.06. The number of nitrogens with one attached hydrogen (secondary N) is 1. The maximum Gasteiger partial charge on any atom is 0.303 e. The minimum atomic E-state index is -0.786. The maximum atomic E-state index is 12.9. The van der Waals surface area contributed by atoms with Gasteiger partial charge in [-0.3, -0.25) is 9.59 Å². The van der Waals surface area contributed by atoms with E-state index < -0.39 is 5.97 Å². The molecule has 7 nitrogen and oxygen atoms in total. The highest BCUT2D eigenvalue weighted by Gasteiger charge is 2.34. The summed E-state index contributed by atoms with van der Waals surface area (Å²) in [6.45, 7) is 5.31. The zero-order chi connectivity index (χ0) is 21.0. The molecule has 1 aromatic heterocycles. The first-order valence-electron chi connectivity index (χ1n) is 10.5. The van der Waals surface area contributed by atoms with Crippen molar-refractivity contribution in [2.75, 3.05) is 20.2 Å². The van der Waals surface area contributed by atoms with Gasteiger partial charge in [-0.15, -0.1) is 0 Å². The molecule has 2 atom stereocenters. The molecule has 1 aliphatic rings. The number of carboxylic acids is 1. The zero-order valence-electron chi connectivity index (χ0n) is 17.5. The van der Waals surface area contributed by atoms with Crippen LogP contribution in [-0.2, 0) is 16.0 Å². The summed E-state index contributed by atoms with van der Waals surface area (Å²) in [7, 11) is 1.62. The van der Waals surface area contributed by atoms with Gasteiger partial charge in [-0.05, 0) is 43.2 Å². The van der Waals surface area contributed by atoms with E-state index in [1.54, 1.807) is 7.11 Å². The first kappa shape index (κ1) is 21.1. The smallest absolute Gasteiger partial charge is 0.303 e. The van der Waals surface area contributed by atoms with Crippen LogP contribution >= 0.6 is 0 Å². The van der Waals surface area contributed by atoms with Gasteiger partial charge in [0.1, 0.15) is 17.1 Å². The van der Waals surface area contributed by atoms with Gasteiger partial charge in [-0.2, -0.15) is 0 Å². The van der Waals surface area contributed by atoms with E-state index in [1.807, 2.05) is 36.9 Å². The van der Waals surface area contributed by atoms with Crippen molar-refractivity contribution in [3.8, 4) is 5.75 Å². The molecule has 1 saturated heterocycles. The van der Waals surface area contributed by atoms with Crippen molar-refractivity contribution >= 4 is 22.9 Å². The number of rotatable bonds is 8. The lowest BCUT2D eigenvalue weighted by atomic mass is 9.80. The third-order valence-electron chi connectivity index (χ3n) is 6.17. The number of carbonyl (C=O) groups is 2. The van der Waals surface area contributed by atoms with Gasteiger partial charge in [-0.25, -0.2) is 4.98 Å². The average molecular weight is 402 g/mol. The Labute approximate surface area is 171 Å². The number of methoxy groups -OCH3 is 1. The summed E-state index contributed by atoms with van der Waals surface area (Å²) in [6, 6.07) is 5.73. The van der Waals surface area contributed by atoms with Crippen LogP contribution in [0.2, 0.25) is 0 Å². The second-order valence-corrected chi connectivity index (χ2v) is 7.95. The first-order chi connectivity index (χ1) is 14.0. The number of nitrogens with zero attached hydrogens (tertiary/aromatic N) is 2. The summed E-state index contributed by atoms with van der Waals surface area (Å²) < 4.78 is 5.39. The Bertz CT molecular complexity index is 859. The Kier molecular flexibility index (Phi) is 6.77. The largest absolute Gasteiger partial charge is 0.494 e. The number of aliphatic carboxylic acids is 1. The normalized spacial score (nSPS) is 19.7. The van der Waals surface area contributed by atoms with Crippen molar-refractivity contribution in [3.05, 3.63) is 24.0 Å². The molecule has 2 unspecified atom stereocenters. The number of amides is 1. The van der Waals surface area contributed by atoms with Crippen LogP contribution < -0.4 is 4.74 Å². The van der Waals surface area contributed by atoms with Crippen LogP contribution in [0.3, 0.4) is 0 Å². The molecule has 1 aromatic carbocycles. The molecule has 158 valence electrons. The Morgan fingerprint density at radius 1 is 1.31 bits per heavy atom. The number of imidazole rings is 1. The minimum Gasteiger partial charge on any atom is -0.494 e. The van der Waals surface area contributed by atoms with Crippen molar-refractivity contribution in [1.82, 2.24) is 14.9 Å². The van der Waals surface area contributed by atoms with E-state index in [-0.39, 0.29) is 30.1 Å². The number of carboxylic acid groups (broad SMARTS) is 1. The standard InChI is InChI=1S/C22H31N3O4/c1-4-14(5-2)22(28)25-10-9-15(12-20(26)27)16(13-25)11-19-23-17-7-6-8-18(29-3)21(17)24-19/h6-8,14-16H,4-5,9-13H2,1-3H3,(H,23,24)(H,26,27). The van der Waals surface area contributed by atoms with Crippen LogP contribution in [0, 0.1) is 17.8 Å². The summed E-state index contributed by atoms with van der Waals surface area (Å²) >= 11 is 0. The molecular weight excluding hydrogens is 370 g/mol. The van der Waals surface area contributed by atoms with E-state index >= 15 is 0 Å². The maximum absolute atomic E-state index is 12.9. The number of ether oxygens (including phenoxy) is 1. The van der Waals surface area contributed by atoms with Crippen LogP contribution in [0.25, 0.3) is 11.0 Å². The van der Waals surface area contributed by atoms with Gasteiger partial charge in [0.15, 0.2) is 0 Å². The Hall–Kier alpha value is -2.57. The lowest BCUT2D eigenvalue weighted by Gasteiger charge is -2.39. The SMILES string of the molecule is CCC(CC)C(=O)N1CCC(CC(=O)O)C(Cc2nc3c(OC)cccc3[nH]2)C1. The molecular formula is C22H31N3O4. The fraction of sp³-hybridized carbons (Fsp3) is 0.591. The van der Waals surface area contributed by atoms with E-state index in [4.69, 9.17) is 9.72 Å². The number of hydrogen-bond donors (Lipinski definition) is 2. The van der Waals surface area contributed by atoms with Gasteiger partial charge in [0.2, 0.25) is 5.91 Å². The van der Waals surface area contributed by atoms with E-state index in [2.05, 4.69) is 4.98 Å². The monoisotopic (exact) mass is 401 g/mol. The predicted molar refractivity (Wildman–Crippen MR) is 111 cm³/mol. The van der Waals surface area contributed by atoms with E-state index in [9.17, 15) is 14.7 Å². The number of para-hydroxylation sites is 1. The van der Waals surface area contributed by atoms with Crippen molar-refractivity contribution < 1.29 is 19.4 Å². The Morgan fingerprint density at radius 3 is 2.72 bits per heavy atom. The summed E-state index contributed by atoms with van der Waals surface area (Å²) in [5.41, 5.74) is 1.68. The minimum absolute atomic E-state index is 0.0355. The number of likely N-dealkylation sites (tertiary alicyclic amines) is 1. The number of fused-ring (bicyclic) bond motifs is 1. The van der Waals surface area contributed by atoms with Gasteiger partial charge in [0.05, 0.1) is 12.6 Å². The molecule has 2 N–H and O–H groups in total. The molecule has 0 bridgehead atoms. The van der Waals surface area contributed by atoms with Gasteiger partial charge in [-0.1, -0.05) is 19.9 Å².